The number of hydrogen-bond acceptors (Lipinski definition) is 3. The van der Waals surface area contributed by atoms with E-state index in [0.29, 0.717) is 11.5 Å². The van der Waals surface area contributed by atoms with Gasteiger partial charge in [-0.25, -0.2) is 0 Å². The maximum atomic E-state index is 3.34. The topological polar surface area (TPSA) is 15.3 Å². The summed E-state index contributed by atoms with van der Waals surface area (Å²) in [5.41, 5.74) is 6.36. The van der Waals surface area contributed by atoms with Crippen LogP contribution < -0.4 is 10.2 Å². The molecule has 1 saturated heterocycles. The van der Waals surface area contributed by atoms with E-state index in [1.807, 2.05) is 18.4 Å². The molecule has 0 radical (unpaired) electrons. The van der Waals surface area contributed by atoms with Gasteiger partial charge in [-0.3, -0.25) is 0 Å². The number of rotatable bonds is 3. The van der Waals surface area contributed by atoms with E-state index in [-0.39, 0.29) is 0 Å². The molecule has 3 heteroatoms. The number of thiophene rings is 1. The van der Waals surface area contributed by atoms with Crippen LogP contribution in [0.5, 0.6) is 0 Å². The highest BCUT2D eigenvalue weighted by Crippen LogP contribution is 2.44. The fraction of sp³-hybridized carbons (Fsp3) is 0.524. The molecule has 4 rings (SSSR count). The van der Waals surface area contributed by atoms with Crippen LogP contribution in [0.1, 0.15) is 36.3 Å². The van der Waals surface area contributed by atoms with Gasteiger partial charge in [0, 0.05) is 34.6 Å². The molecule has 1 N–H and O–H groups in total. The van der Waals surface area contributed by atoms with Crippen molar-refractivity contribution >= 4 is 17.0 Å². The Bertz CT molecular complexity index is 736. The van der Waals surface area contributed by atoms with Crippen LogP contribution in [-0.4, -0.2) is 26.2 Å². The van der Waals surface area contributed by atoms with Crippen molar-refractivity contribution in [2.24, 2.45) is 5.41 Å². The van der Waals surface area contributed by atoms with Gasteiger partial charge in [0.25, 0.3) is 0 Å². The Hall–Kier alpha value is -1.32. The summed E-state index contributed by atoms with van der Waals surface area (Å²) in [7, 11) is 2.05. The van der Waals surface area contributed by atoms with Gasteiger partial charge < -0.3 is 10.2 Å². The highest BCUT2D eigenvalue weighted by atomic mass is 32.1. The van der Waals surface area contributed by atoms with E-state index in [0.717, 1.165) is 13.1 Å². The number of aryl methyl sites for hydroxylation is 1. The molecule has 0 spiro atoms. The molecule has 1 aromatic carbocycles. The van der Waals surface area contributed by atoms with Crippen LogP contribution in [0.3, 0.4) is 0 Å². The van der Waals surface area contributed by atoms with E-state index in [1.54, 1.807) is 10.4 Å². The number of benzene rings is 1. The highest BCUT2D eigenvalue weighted by Gasteiger charge is 2.29. The Morgan fingerprint density at radius 2 is 1.88 bits per heavy atom. The van der Waals surface area contributed by atoms with Crippen molar-refractivity contribution in [1.29, 1.82) is 0 Å². The van der Waals surface area contributed by atoms with Crippen molar-refractivity contribution in [3.05, 3.63) is 40.3 Å². The molecule has 1 aliphatic heterocycles. The first-order valence-electron chi connectivity index (χ1n) is 9.11. The zero-order valence-corrected chi connectivity index (χ0v) is 16.1. The van der Waals surface area contributed by atoms with Crippen LogP contribution in [-0.2, 0) is 12.8 Å². The van der Waals surface area contributed by atoms with Crippen LogP contribution in [0, 0.1) is 12.3 Å². The minimum absolute atomic E-state index is 0.460. The van der Waals surface area contributed by atoms with E-state index in [9.17, 15) is 0 Å². The zero-order valence-electron chi connectivity index (χ0n) is 15.3. The second-order valence-electron chi connectivity index (χ2n) is 8.24. The quantitative estimate of drug-likeness (QED) is 0.875. The summed E-state index contributed by atoms with van der Waals surface area (Å²) < 4.78 is 0. The summed E-state index contributed by atoms with van der Waals surface area (Å²) in [6.07, 6.45) is 3.81. The average Bonchev–Trinajstić information content (AvgIpc) is 2.83. The van der Waals surface area contributed by atoms with Gasteiger partial charge in [0.05, 0.1) is 0 Å². The number of anilines is 1. The molecule has 2 aromatic rings. The van der Waals surface area contributed by atoms with Crippen molar-refractivity contribution in [2.75, 3.05) is 25.0 Å². The van der Waals surface area contributed by atoms with Crippen molar-refractivity contribution in [1.82, 2.24) is 5.32 Å². The summed E-state index contributed by atoms with van der Waals surface area (Å²) in [6, 6.07) is 9.88. The monoisotopic (exact) mass is 340 g/mol. The maximum Gasteiger partial charge on any atom is 0.0418 e. The Morgan fingerprint density at radius 1 is 1.17 bits per heavy atom. The number of hydrogen-bond donors (Lipinski definition) is 1. The molecule has 0 amide bonds. The van der Waals surface area contributed by atoms with Crippen molar-refractivity contribution in [3.8, 4) is 10.4 Å². The Labute approximate surface area is 149 Å². The van der Waals surface area contributed by atoms with Crippen LogP contribution in [0.25, 0.3) is 10.4 Å². The highest BCUT2D eigenvalue weighted by molar-refractivity contribution is 7.15. The van der Waals surface area contributed by atoms with Gasteiger partial charge in [0.15, 0.2) is 0 Å². The predicted octanol–water partition coefficient (Wildman–Crippen LogP) is 4.65. The second-order valence-corrected chi connectivity index (χ2v) is 9.34. The lowest BCUT2D eigenvalue weighted by Crippen LogP contribution is -2.57. The predicted molar refractivity (Wildman–Crippen MR) is 105 cm³/mol. The first-order chi connectivity index (χ1) is 11.5. The van der Waals surface area contributed by atoms with Gasteiger partial charge in [-0.05, 0) is 67.5 Å². The van der Waals surface area contributed by atoms with Crippen LogP contribution in [0.4, 0.5) is 5.69 Å². The molecule has 1 fully saturated rings. The molecular formula is C21H28N2S. The van der Waals surface area contributed by atoms with Gasteiger partial charge >= 0.3 is 0 Å². The molecule has 2 heterocycles. The van der Waals surface area contributed by atoms with Gasteiger partial charge in [0.2, 0.25) is 0 Å². The molecule has 0 saturated carbocycles. The van der Waals surface area contributed by atoms with E-state index < -0.39 is 0 Å². The van der Waals surface area contributed by atoms with Crippen LogP contribution >= 0.6 is 11.3 Å². The molecule has 0 unspecified atom stereocenters. The maximum absolute atomic E-state index is 3.34. The Balaban J connectivity index is 1.58. The summed E-state index contributed by atoms with van der Waals surface area (Å²) in [6.45, 7) is 9.39. The molecule has 2 aliphatic rings. The summed E-state index contributed by atoms with van der Waals surface area (Å²) in [5.74, 6) is 0. The molecule has 24 heavy (non-hydrogen) atoms. The smallest absolute Gasteiger partial charge is 0.0418 e. The van der Waals surface area contributed by atoms with Gasteiger partial charge in [0.1, 0.15) is 0 Å². The third kappa shape index (κ3) is 2.78. The Morgan fingerprint density at radius 3 is 2.54 bits per heavy atom. The number of likely N-dealkylation sites (N-methyl/N-ethyl adjacent to an activating group) is 1. The van der Waals surface area contributed by atoms with Crippen molar-refractivity contribution < 1.29 is 0 Å². The summed E-state index contributed by atoms with van der Waals surface area (Å²) in [4.78, 5) is 5.56. The third-order valence-corrected chi connectivity index (χ3v) is 7.27. The van der Waals surface area contributed by atoms with Crippen LogP contribution in [0.15, 0.2) is 24.3 Å². The summed E-state index contributed by atoms with van der Waals surface area (Å²) >= 11 is 2.03. The number of fused-ring (bicyclic) bond motifs is 1. The molecule has 128 valence electrons. The minimum Gasteiger partial charge on any atom is -0.368 e. The lowest BCUT2D eigenvalue weighted by atomic mass is 9.76. The second kappa shape index (κ2) is 5.89. The van der Waals surface area contributed by atoms with E-state index in [2.05, 4.69) is 55.3 Å². The molecule has 2 nitrogen and oxygen atoms in total. The molecule has 1 aliphatic carbocycles. The van der Waals surface area contributed by atoms with Crippen molar-refractivity contribution in [3.63, 3.8) is 0 Å². The first-order valence-corrected chi connectivity index (χ1v) is 9.92. The lowest BCUT2D eigenvalue weighted by Gasteiger charge is -2.40. The minimum atomic E-state index is 0.460. The summed E-state index contributed by atoms with van der Waals surface area (Å²) in [5, 5.41) is 3.34. The molecule has 0 bridgehead atoms. The fourth-order valence-corrected chi connectivity index (χ4v) is 5.36. The standard InChI is InChI=1S/C21H28N2S/c1-14-18-11-21(2,3)10-9-19(18)24-20(14)15-5-7-17(8-6-15)23-12-16(13-23)22-4/h5-8,16,22H,9-13H2,1-4H3. The van der Waals surface area contributed by atoms with E-state index >= 15 is 0 Å². The van der Waals surface area contributed by atoms with Gasteiger partial charge in [-0.2, -0.15) is 0 Å². The van der Waals surface area contributed by atoms with Gasteiger partial charge in [-0.1, -0.05) is 26.0 Å². The number of nitrogens with zero attached hydrogens (tertiary/aromatic N) is 1. The van der Waals surface area contributed by atoms with E-state index in [1.165, 1.54) is 41.0 Å². The normalized spacial score (nSPS) is 19.9. The average molecular weight is 341 g/mol. The van der Waals surface area contributed by atoms with Gasteiger partial charge in [-0.15, -0.1) is 11.3 Å². The van der Waals surface area contributed by atoms with Crippen LogP contribution in [0.2, 0.25) is 0 Å². The third-order valence-electron chi connectivity index (χ3n) is 5.82. The van der Waals surface area contributed by atoms with E-state index in [4.69, 9.17) is 0 Å². The lowest BCUT2D eigenvalue weighted by molar-refractivity contribution is 0.317. The molecular weight excluding hydrogens is 312 g/mol. The number of nitrogens with one attached hydrogen (secondary N) is 1. The zero-order chi connectivity index (χ0) is 16.9. The SMILES string of the molecule is CNC1CN(c2ccc(-c3sc4c(c3C)CC(C)(C)CC4)cc2)C1. The van der Waals surface area contributed by atoms with Crippen molar-refractivity contribution in [2.45, 2.75) is 46.1 Å². The first kappa shape index (κ1) is 16.2. The molecule has 1 aromatic heterocycles. The Kier molecular flexibility index (Phi) is 3.97. The molecule has 0 atom stereocenters. The fourth-order valence-electron chi connectivity index (χ4n) is 4.03. The largest absolute Gasteiger partial charge is 0.368 e.